The standard InChI is InChI=1S/C13H9ClN2O2/c1-8-3-2-4-11(10(8)7-15)16-13(17)9-5-6-18-12(9)14/h2-6H,1H3,(H,16,17). The largest absolute Gasteiger partial charge is 0.452 e. The molecule has 0 radical (unpaired) electrons. The van der Waals surface area contributed by atoms with Gasteiger partial charge in [0.2, 0.25) is 5.22 Å². The Balaban J connectivity index is 2.31. The Bertz CT molecular complexity index is 641. The van der Waals surface area contributed by atoms with Gasteiger partial charge in [-0.2, -0.15) is 5.26 Å². The van der Waals surface area contributed by atoms with Crippen LogP contribution in [0.1, 0.15) is 21.5 Å². The maximum Gasteiger partial charge on any atom is 0.260 e. The second-order valence-corrected chi connectivity index (χ2v) is 4.01. The molecule has 0 saturated carbocycles. The molecule has 5 heteroatoms. The molecule has 0 aliphatic carbocycles. The first-order valence-electron chi connectivity index (χ1n) is 5.17. The molecule has 1 amide bonds. The van der Waals surface area contributed by atoms with Crippen molar-refractivity contribution in [3.05, 3.63) is 52.4 Å². The van der Waals surface area contributed by atoms with Crippen LogP contribution >= 0.6 is 11.6 Å². The highest BCUT2D eigenvalue weighted by molar-refractivity contribution is 6.32. The number of halogens is 1. The normalized spacial score (nSPS) is 9.83. The van der Waals surface area contributed by atoms with Gasteiger partial charge < -0.3 is 9.73 Å². The van der Waals surface area contributed by atoms with Crippen molar-refractivity contribution >= 4 is 23.2 Å². The first-order valence-corrected chi connectivity index (χ1v) is 5.55. The Morgan fingerprint density at radius 3 is 2.83 bits per heavy atom. The van der Waals surface area contributed by atoms with Crippen LogP contribution in [0, 0.1) is 18.3 Å². The van der Waals surface area contributed by atoms with Crippen LogP contribution < -0.4 is 5.32 Å². The van der Waals surface area contributed by atoms with E-state index in [1.807, 2.05) is 0 Å². The Hall–Kier alpha value is -2.25. The molecule has 2 rings (SSSR count). The number of aryl methyl sites for hydroxylation is 1. The van der Waals surface area contributed by atoms with E-state index in [1.165, 1.54) is 12.3 Å². The third kappa shape index (κ3) is 2.22. The van der Waals surface area contributed by atoms with Crippen LogP contribution in [0.3, 0.4) is 0 Å². The minimum absolute atomic E-state index is 0.0265. The van der Waals surface area contributed by atoms with Crippen LogP contribution in [0.5, 0.6) is 0 Å². The first-order chi connectivity index (χ1) is 8.63. The van der Waals surface area contributed by atoms with Gasteiger partial charge in [0.05, 0.1) is 23.1 Å². The first kappa shape index (κ1) is 12.2. The molecular formula is C13H9ClN2O2. The summed E-state index contributed by atoms with van der Waals surface area (Å²) >= 11 is 5.71. The molecule has 0 saturated heterocycles. The summed E-state index contributed by atoms with van der Waals surface area (Å²) in [4.78, 5) is 11.9. The number of nitriles is 1. The van der Waals surface area contributed by atoms with Crippen molar-refractivity contribution in [2.24, 2.45) is 0 Å². The summed E-state index contributed by atoms with van der Waals surface area (Å²) in [5.74, 6) is -0.407. The lowest BCUT2D eigenvalue weighted by Crippen LogP contribution is -2.12. The highest BCUT2D eigenvalue weighted by Gasteiger charge is 2.15. The third-order valence-corrected chi connectivity index (χ3v) is 2.79. The van der Waals surface area contributed by atoms with Gasteiger partial charge in [0.1, 0.15) is 6.07 Å². The van der Waals surface area contributed by atoms with E-state index in [0.717, 1.165) is 5.56 Å². The quantitative estimate of drug-likeness (QED) is 0.900. The molecule has 18 heavy (non-hydrogen) atoms. The lowest BCUT2D eigenvalue weighted by molar-refractivity contribution is 0.102. The zero-order valence-electron chi connectivity index (χ0n) is 9.53. The van der Waals surface area contributed by atoms with Crippen molar-refractivity contribution in [2.45, 2.75) is 6.92 Å². The molecule has 1 aromatic heterocycles. The molecular weight excluding hydrogens is 252 g/mol. The lowest BCUT2D eigenvalue weighted by Gasteiger charge is -2.07. The van der Waals surface area contributed by atoms with Gasteiger partial charge in [-0.3, -0.25) is 4.79 Å². The summed E-state index contributed by atoms with van der Waals surface area (Å²) in [5, 5.41) is 11.7. The van der Waals surface area contributed by atoms with E-state index < -0.39 is 5.91 Å². The number of carbonyl (C=O) groups excluding carboxylic acids is 1. The van der Waals surface area contributed by atoms with Gasteiger partial charge >= 0.3 is 0 Å². The zero-order valence-corrected chi connectivity index (χ0v) is 10.3. The van der Waals surface area contributed by atoms with E-state index in [0.29, 0.717) is 11.3 Å². The molecule has 0 unspecified atom stereocenters. The molecule has 0 bridgehead atoms. The van der Waals surface area contributed by atoms with E-state index in [9.17, 15) is 4.79 Å². The van der Waals surface area contributed by atoms with Crippen molar-refractivity contribution in [1.29, 1.82) is 5.26 Å². The summed E-state index contributed by atoms with van der Waals surface area (Å²) in [7, 11) is 0. The number of anilines is 1. The van der Waals surface area contributed by atoms with Crippen LogP contribution in [0.15, 0.2) is 34.9 Å². The van der Waals surface area contributed by atoms with Gasteiger partial charge in [0.25, 0.3) is 5.91 Å². The number of rotatable bonds is 2. The molecule has 0 spiro atoms. The average Bonchev–Trinajstić information content (AvgIpc) is 2.76. The number of amides is 1. The van der Waals surface area contributed by atoms with E-state index in [1.54, 1.807) is 25.1 Å². The molecule has 2 aromatic rings. The SMILES string of the molecule is Cc1cccc(NC(=O)c2ccoc2Cl)c1C#N. The summed E-state index contributed by atoms with van der Waals surface area (Å²) in [6, 6.07) is 8.77. The van der Waals surface area contributed by atoms with Gasteiger partial charge in [-0.1, -0.05) is 12.1 Å². The highest BCUT2D eigenvalue weighted by atomic mass is 35.5. The Morgan fingerprint density at radius 2 is 2.22 bits per heavy atom. The summed E-state index contributed by atoms with van der Waals surface area (Å²) < 4.78 is 4.84. The Labute approximate surface area is 109 Å². The van der Waals surface area contributed by atoms with Gasteiger partial charge in [-0.15, -0.1) is 0 Å². The van der Waals surface area contributed by atoms with Crippen molar-refractivity contribution in [3.63, 3.8) is 0 Å². The fourth-order valence-electron chi connectivity index (χ4n) is 1.57. The molecule has 0 aliphatic heterocycles. The van der Waals surface area contributed by atoms with Crippen molar-refractivity contribution < 1.29 is 9.21 Å². The van der Waals surface area contributed by atoms with Crippen molar-refractivity contribution in [3.8, 4) is 6.07 Å². The second-order valence-electron chi connectivity index (χ2n) is 3.67. The molecule has 1 N–H and O–H groups in total. The minimum Gasteiger partial charge on any atom is -0.452 e. The third-order valence-electron chi connectivity index (χ3n) is 2.50. The van der Waals surface area contributed by atoms with Crippen LogP contribution in [0.25, 0.3) is 0 Å². The average molecular weight is 261 g/mol. The fourth-order valence-corrected chi connectivity index (χ4v) is 1.77. The maximum atomic E-state index is 11.9. The summed E-state index contributed by atoms with van der Waals surface area (Å²) in [6.45, 7) is 1.80. The number of nitrogens with zero attached hydrogens (tertiary/aromatic N) is 1. The van der Waals surface area contributed by atoms with Crippen LogP contribution in [-0.4, -0.2) is 5.91 Å². The maximum absolute atomic E-state index is 11.9. The van der Waals surface area contributed by atoms with E-state index in [2.05, 4.69) is 11.4 Å². The molecule has 90 valence electrons. The summed E-state index contributed by atoms with van der Waals surface area (Å²) in [6.07, 6.45) is 1.33. The van der Waals surface area contributed by atoms with Gasteiger partial charge in [0, 0.05) is 0 Å². The molecule has 0 aliphatic rings. The smallest absolute Gasteiger partial charge is 0.260 e. The molecule has 1 aromatic carbocycles. The fraction of sp³-hybridized carbons (Fsp3) is 0.0769. The molecule has 0 atom stereocenters. The minimum atomic E-state index is -0.407. The monoisotopic (exact) mass is 260 g/mol. The lowest BCUT2D eigenvalue weighted by atomic mass is 10.1. The van der Waals surface area contributed by atoms with Gasteiger partial charge in [-0.25, -0.2) is 0 Å². The van der Waals surface area contributed by atoms with Crippen LogP contribution in [-0.2, 0) is 0 Å². The van der Waals surface area contributed by atoms with Crippen LogP contribution in [0.4, 0.5) is 5.69 Å². The van der Waals surface area contributed by atoms with E-state index in [-0.39, 0.29) is 10.8 Å². The topological polar surface area (TPSA) is 66.0 Å². The van der Waals surface area contributed by atoms with E-state index >= 15 is 0 Å². The van der Waals surface area contributed by atoms with Gasteiger partial charge in [0.15, 0.2) is 0 Å². The number of furan rings is 1. The van der Waals surface area contributed by atoms with Crippen molar-refractivity contribution in [2.75, 3.05) is 5.32 Å². The molecule has 0 fully saturated rings. The predicted molar refractivity (Wildman–Crippen MR) is 67.6 cm³/mol. The van der Waals surface area contributed by atoms with E-state index in [4.69, 9.17) is 21.3 Å². The number of carbonyl (C=O) groups is 1. The van der Waals surface area contributed by atoms with Crippen LogP contribution in [0.2, 0.25) is 5.22 Å². The number of nitrogens with one attached hydrogen (secondary N) is 1. The predicted octanol–water partition coefficient (Wildman–Crippen LogP) is 3.37. The highest BCUT2D eigenvalue weighted by Crippen LogP contribution is 2.22. The molecule has 4 nitrogen and oxygen atoms in total. The second kappa shape index (κ2) is 4.94. The Morgan fingerprint density at radius 1 is 1.44 bits per heavy atom. The Kier molecular flexibility index (Phi) is 3.35. The van der Waals surface area contributed by atoms with Gasteiger partial charge in [-0.05, 0) is 36.2 Å². The summed E-state index contributed by atoms with van der Waals surface area (Å²) in [5.41, 5.74) is 1.93. The number of benzene rings is 1. The zero-order chi connectivity index (χ0) is 13.1. The van der Waals surface area contributed by atoms with Crippen molar-refractivity contribution in [1.82, 2.24) is 0 Å². The number of hydrogen-bond acceptors (Lipinski definition) is 3. The number of hydrogen-bond donors (Lipinski definition) is 1. The molecule has 1 heterocycles.